The van der Waals surface area contributed by atoms with E-state index < -0.39 is 18.0 Å². The van der Waals surface area contributed by atoms with Crippen molar-refractivity contribution in [1.29, 1.82) is 0 Å². The minimum atomic E-state index is -0.761. The molecule has 3 aromatic rings. The normalized spacial score (nSPS) is 22.8. The van der Waals surface area contributed by atoms with E-state index in [-0.39, 0.29) is 19.2 Å². The Hall–Kier alpha value is -3.52. The van der Waals surface area contributed by atoms with Gasteiger partial charge in [-0.25, -0.2) is 5.06 Å². The first-order valence-electron chi connectivity index (χ1n) is 9.42. The molecule has 8 heteroatoms. The number of hydrogen-bond acceptors (Lipinski definition) is 5. The average molecular weight is 391 g/mol. The zero-order chi connectivity index (χ0) is 19.7. The number of fused-ring (bicyclic) bond motifs is 5. The molecule has 2 aromatic carbocycles. The van der Waals surface area contributed by atoms with E-state index in [1.807, 2.05) is 42.5 Å². The number of amides is 2. The standard InChI is InChI=1S/C21H17N3O5/c25-18-9-23(27)21(26)15-8-13-12-3-1-2-4-14(12)22-19(13)20(24(15)18)11-5-6-16-17(7-11)29-10-28-16/h1-7,15,20,22,27H,8-10H2/t15-,20-/m1/s1. The molecule has 146 valence electrons. The van der Waals surface area contributed by atoms with E-state index in [1.165, 1.54) is 0 Å². The van der Waals surface area contributed by atoms with Gasteiger partial charge in [-0.1, -0.05) is 24.3 Å². The number of para-hydroxylation sites is 1. The first-order valence-corrected chi connectivity index (χ1v) is 9.42. The highest BCUT2D eigenvalue weighted by atomic mass is 16.7. The number of rotatable bonds is 1. The Bertz CT molecular complexity index is 1190. The summed E-state index contributed by atoms with van der Waals surface area (Å²) in [6.07, 6.45) is 0.349. The molecule has 1 fully saturated rings. The zero-order valence-corrected chi connectivity index (χ0v) is 15.3. The predicted octanol–water partition coefficient (Wildman–Crippen LogP) is 1.97. The minimum absolute atomic E-state index is 0.157. The molecule has 0 aliphatic carbocycles. The van der Waals surface area contributed by atoms with Crippen molar-refractivity contribution in [2.45, 2.75) is 18.5 Å². The molecule has 1 saturated heterocycles. The van der Waals surface area contributed by atoms with Crippen molar-refractivity contribution in [3.63, 3.8) is 0 Å². The van der Waals surface area contributed by atoms with Crippen LogP contribution < -0.4 is 9.47 Å². The molecule has 3 aliphatic heterocycles. The number of hydroxylamine groups is 2. The summed E-state index contributed by atoms with van der Waals surface area (Å²) in [5.74, 6) is 0.498. The Morgan fingerprint density at radius 2 is 1.90 bits per heavy atom. The molecule has 3 aliphatic rings. The van der Waals surface area contributed by atoms with Gasteiger partial charge in [0.25, 0.3) is 5.91 Å². The van der Waals surface area contributed by atoms with E-state index in [4.69, 9.17) is 9.47 Å². The van der Waals surface area contributed by atoms with Gasteiger partial charge in [0.15, 0.2) is 11.5 Å². The molecule has 4 heterocycles. The van der Waals surface area contributed by atoms with Crippen LogP contribution in [-0.2, 0) is 16.0 Å². The van der Waals surface area contributed by atoms with Crippen LogP contribution >= 0.6 is 0 Å². The highest BCUT2D eigenvalue weighted by Gasteiger charge is 2.48. The summed E-state index contributed by atoms with van der Waals surface area (Å²) in [5.41, 5.74) is 3.64. The number of aromatic nitrogens is 1. The SMILES string of the molecule is O=C1[C@H]2Cc3c([nH]c4ccccc34)[C@@H](c3ccc4c(c3)OCO4)N2C(=O)CN1O. The Balaban J connectivity index is 1.59. The molecule has 6 rings (SSSR count). The maximum atomic E-state index is 12.9. The number of benzene rings is 2. The molecule has 2 N–H and O–H groups in total. The summed E-state index contributed by atoms with van der Waals surface area (Å²) in [6, 6.07) is 12.2. The van der Waals surface area contributed by atoms with Crippen molar-refractivity contribution in [1.82, 2.24) is 14.9 Å². The van der Waals surface area contributed by atoms with Crippen LogP contribution in [0.5, 0.6) is 11.5 Å². The zero-order valence-electron chi connectivity index (χ0n) is 15.3. The van der Waals surface area contributed by atoms with Gasteiger partial charge < -0.3 is 19.4 Å². The smallest absolute Gasteiger partial charge is 0.269 e. The molecular weight excluding hydrogens is 374 g/mol. The summed E-state index contributed by atoms with van der Waals surface area (Å²) in [5, 5.41) is 11.5. The van der Waals surface area contributed by atoms with Gasteiger partial charge >= 0.3 is 0 Å². The Kier molecular flexibility index (Phi) is 3.25. The van der Waals surface area contributed by atoms with Gasteiger partial charge in [-0.3, -0.25) is 14.8 Å². The van der Waals surface area contributed by atoms with Crippen LogP contribution in [0, 0.1) is 0 Å². The van der Waals surface area contributed by atoms with Crippen LogP contribution in [0.4, 0.5) is 0 Å². The minimum Gasteiger partial charge on any atom is -0.454 e. The van der Waals surface area contributed by atoms with Crippen molar-refractivity contribution in [2.24, 2.45) is 0 Å². The second kappa shape index (κ2) is 5.74. The molecule has 0 saturated carbocycles. The van der Waals surface area contributed by atoms with Crippen LogP contribution in [0.25, 0.3) is 10.9 Å². The van der Waals surface area contributed by atoms with Gasteiger partial charge in [-0.05, 0) is 29.3 Å². The summed E-state index contributed by atoms with van der Waals surface area (Å²) in [7, 11) is 0. The second-order valence-corrected chi connectivity index (χ2v) is 7.49. The first kappa shape index (κ1) is 16.4. The second-order valence-electron chi connectivity index (χ2n) is 7.49. The van der Waals surface area contributed by atoms with Crippen molar-refractivity contribution in [2.75, 3.05) is 13.3 Å². The Morgan fingerprint density at radius 1 is 1.07 bits per heavy atom. The number of nitrogens with zero attached hydrogens (tertiary/aromatic N) is 2. The Labute approximate surface area is 165 Å². The maximum Gasteiger partial charge on any atom is 0.269 e. The number of aromatic amines is 1. The van der Waals surface area contributed by atoms with Gasteiger partial charge in [0.05, 0.1) is 6.04 Å². The van der Waals surface area contributed by atoms with E-state index in [2.05, 4.69) is 4.98 Å². The molecule has 0 unspecified atom stereocenters. The van der Waals surface area contributed by atoms with E-state index in [0.29, 0.717) is 23.0 Å². The third kappa shape index (κ3) is 2.23. The highest BCUT2D eigenvalue weighted by molar-refractivity contribution is 5.97. The van der Waals surface area contributed by atoms with Gasteiger partial charge in [0, 0.05) is 23.0 Å². The maximum absolute atomic E-state index is 12.9. The van der Waals surface area contributed by atoms with E-state index in [1.54, 1.807) is 4.90 Å². The lowest BCUT2D eigenvalue weighted by Gasteiger charge is -2.45. The largest absolute Gasteiger partial charge is 0.454 e. The lowest BCUT2D eigenvalue weighted by atomic mass is 9.86. The van der Waals surface area contributed by atoms with Crippen molar-refractivity contribution in [3.8, 4) is 11.5 Å². The fourth-order valence-electron chi connectivity index (χ4n) is 4.68. The molecule has 2 atom stereocenters. The predicted molar refractivity (Wildman–Crippen MR) is 101 cm³/mol. The van der Waals surface area contributed by atoms with Crippen LogP contribution in [-0.4, -0.2) is 51.3 Å². The summed E-state index contributed by atoms with van der Waals surface area (Å²) >= 11 is 0. The van der Waals surface area contributed by atoms with Crippen LogP contribution in [0.2, 0.25) is 0 Å². The number of nitrogens with one attached hydrogen (secondary N) is 1. The summed E-state index contributed by atoms with van der Waals surface area (Å²) in [6.45, 7) is -0.198. The van der Waals surface area contributed by atoms with Crippen LogP contribution in [0.15, 0.2) is 42.5 Å². The molecule has 0 radical (unpaired) electrons. The van der Waals surface area contributed by atoms with Crippen molar-refractivity contribution in [3.05, 3.63) is 59.3 Å². The number of H-pyrrole nitrogens is 1. The first-order chi connectivity index (χ1) is 14.1. The third-order valence-corrected chi connectivity index (χ3v) is 5.96. The fraction of sp³-hybridized carbons (Fsp3) is 0.238. The average Bonchev–Trinajstić information content (AvgIpc) is 3.34. The Morgan fingerprint density at radius 3 is 2.79 bits per heavy atom. The third-order valence-electron chi connectivity index (χ3n) is 5.96. The van der Waals surface area contributed by atoms with E-state index >= 15 is 0 Å². The van der Waals surface area contributed by atoms with Gasteiger partial charge in [0.1, 0.15) is 12.6 Å². The quantitative estimate of drug-likeness (QED) is 0.619. The van der Waals surface area contributed by atoms with Gasteiger partial charge in [0.2, 0.25) is 12.7 Å². The monoisotopic (exact) mass is 391 g/mol. The van der Waals surface area contributed by atoms with E-state index in [9.17, 15) is 14.8 Å². The molecule has 0 spiro atoms. The molecule has 29 heavy (non-hydrogen) atoms. The van der Waals surface area contributed by atoms with E-state index in [0.717, 1.165) is 27.7 Å². The molecular formula is C21H17N3O5. The number of carbonyl (C=O) groups is 2. The number of hydrogen-bond donors (Lipinski definition) is 2. The molecule has 8 nitrogen and oxygen atoms in total. The van der Waals surface area contributed by atoms with Gasteiger partial charge in [-0.2, -0.15) is 0 Å². The summed E-state index contributed by atoms with van der Waals surface area (Å²) < 4.78 is 10.9. The van der Waals surface area contributed by atoms with Crippen LogP contribution in [0.1, 0.15) is 22.9 Å². The number of piperazine rings is 1. The van der Waals surface area contributed by atoms with Gasteiger partial charge in [-0.15, -0.1) is 0 Å². The molecule has 2 amide bonds. The number of carbonyl (C=O) groups excluding carboxylic acids is 2. The highest BCUT2D eigenvalue weighted by Crippen LogP contribution is 2.44. The summed E-state index contributed by atoms with van der Waals surface area (Å²) in [4.78, 5) is 30.7. The lowest BCUT2D eigenvalue weighted by Crippen LogP contribution is -2.62. The lowest BCUT2D eigenvalue weighted by molar-refractivity contribution is -0.189. The fourth-order valence-corrected chi connectivity index (χ4v) is 4.68. The van der Waals surface area contributed by atoms with Crippen molar-refractivity contribution < 1.29 is 24.3 Å². The van der Waals surface area contributed by atoms with Crippen LogP contribution in [0.3, 0.4) is 0 Å². The topological polar surface area (TPSA) is 95.1 Å². The molecule has 1 aromatic heterocycles. The molecule has 0 bridgehead atoms. The number of ether oxygens (including phenoxy) is 2. The van der Waals surface area contributed by atoms with Crippen molar-refractivity contribution >= 4 is 22.7 Å².